The maximum atomic E-state index is 6.40. The third-order valence-electron chi connectivity index (χ3n) is 11.6. The molecule has 0 aliphatic heterocycles. The van der Waals surface area contributed by atoms with E-state index in [1.165, 1.54) is 27.4 Å². The number of benzene rings is 9. The topological polar surface area (TPSA) is 34.5 Å². The molecule has 0 aliphatic rings. The molecule has 0 spiro atoms. The minimum Gasteiger partial charge on any atom is -0.456 e. The average molecular weight is 743 g/mol. The molecule has 0 saturated carbocycles. The molecule has 4 nitrogen and oxygen atoms in total. The Labute approximate surface area is 334 Å². The van der Waals surface area contributed by atoms with Crippen LogP contribution in [-0.4, -0.2) is 4.57 Å². The van der Waals surface area contributed by atoms with Gasteiger partial charge in [0, 0.05) is 61.1 Å². The fourth-order valence-electron chi connectivity index (χ4n) is 8.91. The Hall–Kier alpha value is -7.82. The average Bonchev–Trinajstić information content (AvgIpc) is 3.96. The fraction of sp³-hybridized carbons (Fsp3) is 0. The van der Waals surface area contributed by atoms with Crippen LogP contribution in [0.2, 0.25) is 0 Å². The standard InChI is InChI=1S/C54H34N2O2/c1-2-11-38(12-3-1)56-48-17-7-4-13-43(48)44-31-25-37(33-49(44)56)35-21-26-39(27-22-35)55(41-30-32-46-45-14-5-8-18-50(45)58-53(46)34-41)40-28-23-36(24-29-40)42-16-10-20-52-54(42)47-15-6-9-19-51(47)57-52/h1-34H. The smallest absolute Gasteiger partial charge is 0.137 e. The maximum absolute atomic E-state index is 6.40. The van der Waals surface area contributed by atoms with Gasteiger partial charge in [-0.2, -0.15) is 0 Å². The molecule has 9 aromatic carbocycles. The fourth-order valence-corrected chi connectivity index (χ4v) is 8.91. The third kappa shape index (κ3) is 5.09. The lowest BCUT2D eigenvalue weighted by Crippen LogP contribution is -2.09. The first-order valence-electron chi connectivity index (χ1n) is 19.7. The number of para-hydroxylation sites is 4. The Morgan fingerprint density at radius 2 is 0.879 bits per heavy atom. The molecule has 58 heavy (non-hydrogen) atoms. The van der Waals surface area contributed by atoms with E-state index in [1.54, 1.807) is 0 Å². The second kappa shape index (κ2) is 12.9. The van der Waals surface area contributed by atoms with Gasteiger partial charge in [0.1, 0.15) is 22.3 Å². The van der Waals surface area contributed by atoms with Crippen LogP contribution in [0.25, 0.3) is 93.6 Å². The van der Waals surface area contributed by atoms with Gasteiger partial charge in [0.2, 0.25) is 0 Å². The summed E-state index contributed by atoms with van der Waals surface area (Å²) >= 11 is 0. The highest BCUT2D eigenvalue weighted by Gasteiger charge is 2.18. The summed E-state index contributed by atoms with van der Waals surface area (Å²) in [6.07, 6.45) is 0. The van der Waals surface area contributed by atoms with Crippen LogP contribution in [0.4, 0.5) is 17.1 Å². The van der Waals surface area contributed by atoms with E-state index < -0.39 is 0 Å². The summed E-state index contributed by atoms with van der Waals surface area (Å²) in [5.74, 6) is 0. The summed E-state index contributed by atoms with van der Waals surface area (Å²) in [6, 6.07) is 73.2. The van der Waals surface area contributed by atoms with Crippen LogP contribution < -0.4 is 4.90 Å². The van der Waals surface area contributed by atoms with Crippen LogP contribution in [0, 0.1) is 0 Å². The van der Waals surface area contributed by atoms with Crippen molar-refractivity contribution in [3.05, 3.63) is 206 Å². The van der Waals surface area contributed by atoms with E-state index in [1.807, 2.05) is 30.3 Å². The largest absolute Gasteiger partial charge is 0.456 e. The molecule has 0 atom stereocenters. The minimum absolute atomic E-state index is 0.859. The number of rotatable bonds is 6. The zero-order valence-electron chi connectivity index (χ0n) is 31.3. The number of aromatic nitrogens is 1. The van der Waals surface area contributed by atoms with Gasteiger partial charge in [-0.25, -0.2) is 0 Å². The Morgan fingerprint density at radius 1 is 0.328 bits per heavy atom. The van der Waals surface area contributed by atoms with E-state index in [0.29, 0.717) is 0 Å². The number of hydrogen-bond donors (Lipinski definition) is 0. The van der Waals surface area contributed by atoms with Crippen molar-refractivity contribution in [3.63, 3.8) is 0 Å². The molecule has 12 aromatic rings. The zero-order valence-corrected chi connectivity index (χ0v) is 31.3. The molecule has 0 radical (unpaired) electrons. The number of hydrogen-bond acceptors (Lipinski definition) is 3. The summed E-state index contributed by atoms with van der Waals surface area (Å²) < 4.78 is 15.0. The van der Waals surface area contributed by atoms with Crippen molar-refractivity contribution in [1.82, 2.24) is 4.57 Å². The van der Waals surface area contributed by atoms with Crippen molar-refractivity contribution in [1.29, 1.82) is 0 Å². The van der Waals surface area contributed by atoms with Crippen LogP contribution >= 0.6 is 0 Å². The monoisotopic (exact) mass is 742 g/mol. The van der Waals surface area contributed by atoms with Crippen molar-refractivity contribution < 1.29 is 8.83 Å². The normalized spacial score (nSPS) is 11.8. The summed E-state index contributed by atoms with van der Waals surface area (Å²) in [6.45, 7) is 0. The van der Waals surface area contributed by atoms with Gasteiger partial charge in [-0.1, -0.05) is 121 Å². The van der Waals surface area contributed by atoms with Gasteiger partial charge in [-0.3, -0.25) is 0 Å². The Bertz CT molecular complexity index is 3500. The summed E-state index contributed by atoms with van der Waals surface area (Å²) in [7, 11) is 0. The quantitative estimate of drug-likeness (QED) is 0.170. The lowest BCUT2D eigenvalue weighted by Gasteiger charge is -2.26. The van der Waals surface area contributed by atoms with Crippen LogP contribution in [0.15, 0.2) is 215 Å². The number of fused-ring (bicyclic) bond motifs is 9. The molecule has 3 aromatic heterocycles. The molecule has 3 heterocycles. The van der Waals surface area contributed by atoms with Crippen LogP contribution in [0.1, 0.15) is 0 Å². The molecule has 0 saturated heterocycles. The van der Waals surface area contributed by atoms with Gasteiger partial charge in [-0.15, -0.1) is 0 Å². The molecule has 272 valence electrons. The van der Waals surface area contributed by atoms with Crippen LogP contribution in [0.3, 0.4) is 0 Å². The minimum atomic E-state index is 0.859. The lowest BCUT2D eigenvalue weighted by molar-refractivity contribution is 0.668. The predicted molar refractivity (Wildman–Crippen MR) is 241 cm³/mol. The van der Waals surface area contributed by atoms with E-state index in [-0.39, 0.29) is 0 Å². The first-order chi connectivity index (χ1) is 28.7. The predicted octanol–water partition coefficient (Wildman–Crippen LogP) is 15.4. The van der Waals surface area contributed by atoms with E-state index in [2.05, 4.69) is 185 Å². The third-order valence-corrected chi connectivity index (χ3v) is 11.6. The van der Waals surface area contributed by atoms with Gasteiger partial charge in [0.25, 0.3) is 0 Å². The molecule has 0 amide bonds. The van der Waals surface area contributed by atoms with Crippen molar-refractivity contribution in [2.75, 3.05) is 4.90 Å². The van der Waals surface area contributed by atoms with Gasteiger partial charge < -0.3 is 18.3 Å². The van der Waals surface area contributed by atoms with E-state index in [0.717, 1.165) is 83.3 Å². The van der Waals surface area contributed by atoms with Crippen LogP contribution in [0.5, 0.6) is 0 Å². The zero-order chi connectivity index (χ0) is 38.2. The molecule has 12 rings (SSSR count). The summed E-state index contributed by atoms with van der Waals surface area (Å²) in [5, 5.41) is 6.98. The lowest BCUT2D eigenvalue weighted by atomic mass is 9.99. The van der Waals surface area contributed by atoms with Gasteiger partial charge >= 0.3 is 0 Å². The summed E-state index contributed by atoms with van der Waals surface area (Å²) in [4.78, 5) is 2.31. The first-order valence-corrected chi connectivity index (χ1v) is 19.7. The van der Waals surface area contributed by atoms with Crippen molar-refractivity contribution >= 4 is 82.7 Å². The van der Waals surface area contributed by atoms with Gasteiger partial charge in [-0.05, 0) is 101 Å². The molecule has 0 fully saturated rings. The SMILES string of the molecule is c1ccc(-n2c3ccccc3c3ccc(-c4ccc(N(c5ccc(-c6cccc7oc8ccccc8c67)cc5)c5ccc6c(c5)oc5ccccc56)cc4)cc32)cc1. The molecular formula is C54H34N2O2. The molecule has 4 heteroatoms. The van der Waals surface area contributed by atoms with Crippen LogP contribution in [-0.2, 0) is 0 Å². The Balaban J connectivity index is 0.973. The second-order valence-corrected chi connectivity index (χ2v) is 14.9. The van der Waals surface area contributed by atoms with Crippen molar-refractivity contribution in [3.8, 4) is 27.9 Å². The van der Waals surface area contributed by atoms with E-state index in [4.69, 9.17) is 8.83 Å². The highest BCUT2D eigenvalue weighted by Crippen LogP contribution is 2.42. The number of furan rings is 2. The number of anilines is 3. The van der Waals surface area contributed by atoms with E-state index in [9.17, 15) is 0 Å². The summed E-state index contributed by atoms with van der Waals surface area (Å²) in [5.41, 5.74) is 14.8. The van der Waals surface area contributed by atoms with Crippen molar-refractivity contribution in [2.24, 2.45) is 0 Å². The Kier molecular flexibility index (Phi) is 7.20. The number of nitrogens with zero attached hydrogens (tertiary/aromatic N) is 2. The molecule has 0 bridgehead atoms. The van der Waals surface area contributed by atoms with E-state index >= 15 is 0 Å². The highest BCUT2D eigenvalue weighted by molar-refractivity contribution is 6.13. The molecule has 0 unspecified atom stereocenters. The Morgan fingerprint density at radius 3 is 1.67 bits per heavy atom. The van der Waals surface area contributed by atoms with Gasteiger partial charge in [0.05, 0.1) is 11.0 Å². The molecule has 0 aliphatic carbocycles. The second-order valence-electron chi connectivity index (χ2n) is 14.9. The van der Waals surface area contributed by atoms with Crippen molar-refractivity contribution in [2.45, 2.75) is 0 Å². The molecule has 0 N–H and O–H groups in total. The molecular weight excluding hydrogens is 709 g/mol. The highest BCUT2D eigenvalue weighted by atomic mass is 16.3. The van der Waals surface area contributed by atoms with Gasteiger partial charge in [0.15, 0.2) is 0 Å². The first kappa shape index (κ1) is 32.4. The maximum Gasteiger partial charge on any atom is 0.137 e.